The lowest BCUT2D eigenvalue weighted by atomic mass is 10.0. The van der Waals surface area contributed by atoms with Crippen molar-refractivity contribution < 1.29 is 22.8 Å². The molecule has 3 aromatic rings. The number of aliphatic hydroxyl groups excluding tert-OH is 1. The normalized spacial score (nSPS) is 10.9. The highest BCUT2D eigenvalue weighted by Gasteiger charge is 2.24. The maximum absolute atomic E-state index is 13.9. The third kappa shape index (κ3) is 2.27. The van der Waals surface area contributed by atoms with E-state index >= 15 is 0 Å². The highest BCUT2D eigenvalue weighted by Crippen LogP contribution is 2.35. The van der Waals surface area contributed by atoms with Crippen LogP contribution in [-0.2, 0) is 6.61 Å². The second-order valence-electron chi connectivity index (χ2n) is 4.57. The fourth-order valence-corrected chi connectivity index (χ4v) is 2.23. The largest absolute Gasteiger partial charge is 0.391 e. The molecule has 0 aliphatic heterocycles. The van der Waals surface area contributed by atoms with Gasteiger partial charge in [0.1, 0.15) is 23.1 Å². The molecule has 0 spiro atoms. The minimum Gasteiger partial charge on any atom is -0.391 e. The maximum Gasteiger partial charge on any atom is 0.175 e. The van der Waals surface area contributed by atoms with Gasteiger partial charge >= 0.3 is 0 Å². The summed E-state index contributed by atoms with van der Waals surface area (Å²) in [5.41, 5.74) is -0.523. The van der Waals surface area contributed by atoms with Gasteiger partial charge in [-0.25, -0.2) is 13.2 Å². The molecule has 112 valence electrons. The number of halogens is 3. The molecular formula is C16H10F3NO2. The molecule has 0 atom stereocenters. The predicted octanol–water partition coefficient (Wildman–Crippen LogP) is 3.92. The summed E-state index contributed by atoms with van der Waals surface area (Å²) in [6, 6.07) is 9.05. The molecule has 1 N–H and O–H groups in total. The number of hydrogen-bond acceptors (Lipinski definition) is 3. The van der Waals surface area contributed by atoms with E-state index in [9.17, 15) is 18.3 Å². The summed E-state index contributed by atoms with van der Waals surface area (Å²) in [5.74, 6) is -2.33. The molecule has 1 aromatic heterocycles. The molecule has 0 aliphatic carbocycles. The highest BCUT2D eigenvalue weighted by molar-refractivity contribution is 5.73. The van der Waals surface area contributed by atoms with E-state index in [1.165, 1.54) is 24.3 Å². The van der Waals surface area contributed by atoms with Crippen molar-refractivity contribution in [1.29, 1.82) is 0 Å². The lowest BCUT2D eigenvalue weighted by Crippen LogP contribution is -1.95. The number of hydrogen-bond donors (Lipinski definition) is 1. The van der Waals surface area contributed by atoms with Crippen molar-refractivity contribution in [2.45, 2.75) is 6.61 Å². The van der Waals surface area contributed by atoms with Crippen LogP contribution in [-0.4, -0.2) is 10.3 Å². The summed E-state index contributed by atoms with van der Waals surface area (Å²) in [4.78, 5) is 0. The molecular weight excluding hydrogens is 295 g/mol. The van der Waals surface area contributed by atoms with Crippen molar-refractivity contribution in [3.05, 3.63) is 65.5 Å². The first-order valence-corrected chi connectivity index (χ1v) is 6.42. The Bertz CT molecular complexity index is 810. The Hall–Kier alpha value is -2.60. The summed E-state index contributed by atoms with van der Waals surface area (Å²) in [6.07, 6.45) is 0. The van der Waals surface area contributed by atoms with Gasteiger partial charge in [0.15, 0.2) is 5.76 Å². The minimum absolute atomic E-state index is 0.0223. The first kappa shape index (κ1) is 14.3. The Balaban J connectivity index is 2.23. The Labute approximate surface area is 123 Å². The van der Waals surface area contributed by atoms with Gasteiger partial charge in [-0.3, -0.25) is 0 Å². The van der Waals surface area contributed by atoms with E-state index in [-0.39, 0.29) is 22.6 Å². The molecule has 22 heavy (non-hydrogen) atoms. The zero-order valence-corrected chi connectivity index (χ0v) is 11.2. The first-order valence-electron chi connectivity index (χ1n) is 6.42. The van der Waals surface area contributed by atoms with Gasteiger partial charge in [0, 0.05) is 0 Å². The summed E-state index contributed by atoms with van der Waals surface area (Å²) in [5, 5.41) is 13.1. The number of aromatic nitrogens is 1. The fourth-order valence-electron chi connectivity index (χ4n) is 2.23. The molecule has 3 nitrogen and oxygen atoms in total. The van der Waals surface area contributed by atoms with Crippen LogP contribution in [0.15, 0.2) is 47.0 Å². The van der Waals surface area contributed by atoms with Crippen molar-refractivity contribution in [2.24, 2.45) is 0 Å². The van der Waals surface area contributed by atoms with E-state index in [2.05, 4.69) is 5.16 Å². The molecule has 3 rings (SSSR count). The van der Waals surface area contributed by atoms with Crippen molar-refractivity contribution in [2.75, 3.05) is 0 Å². The topological polar surface area (TPSA) is 46.3 Å². The smallest absolute Gasteiger partial charge is 0.175 e. The average Bonchev–Trinajstić information content (AvgIpc) is 2.91. The number of nitrogens with zero attached hydrogens (tertiary/aromatic N) is 1. The summed E-state index contributed by atoms with van der Waals surface area (Å²) >= 11 is 0. The van der Waals surface area contributed by atoms with Crippen LogP contribution in [0.1, 0.15) is 5.56 Å². The lowest BCUT2D eigenvalue weighted by Gasteiger charge is -2.04. The van der Waals surface area contributed by atoms with E-state index in [4.69, 9.17) is 4.52 Å². The second kappa shape index (κ2) is 5.65. The quantitative estimate of drug-likeness (QED) is 0.798. The van der Waals surface area contributed by atoms with E-state index in [0.29, 0.717) is 0 Å². The van der Waals surface area contributed by atoms with Crippen LogP contribution in [0.25, 0.3) is 22.6 Å². The van der Waals surface area contributed by atoms with E-state index in [0.717, 1.165) is 12.1 Å². The lowest BCUT2D eigenvalue weighted by molar-refractivity contribution is 0.281. The molecule has 0 unspecified atom stereocenters. The van der Waals surface area contributed by atoms with Gasteiger partial charge in [0.05, 0.1) is 23.3 Å². The Morgan fingerprint density at radius 3 is 2.18 bits per heavy atom. The van der Waals surface area contributed by atoms with Gasteiger partial charge in [0.25, 0.3) is 0 Å². The molecule has 1 heterocycles. The van der Waals surface area contributed by atoms with Gasteiger partial charge in [-0.15, -0.1) is 0 Å². The van der Waals surface area contributed by atoms with Crippen LogP contribution in [0.5, 0.6) is 0 Å². The fraction of sp³-hybridized carbons (Fsp3) is 0.0625. The van der Waals surface area contributed by atoms with Crippen LogP contribution in [0.3, 0.4) is 0 Å². The van der Waals surface area contributed by atoms with Gasteiger partial charge in [0.2, 0.25) is 0 Å². The number of benzene rings is 2. The SMILES string of the molecule is OCc1c(-c2c(F)cccc2F)noc1-c1ccccc1F. The standard InChI is InChI=1S/C16H10F3NO2/c17-11-5-2-1-4-9(11)16-10(8-21)15(20-22-16)14-12(18)6-3-7-13(14)19/h1-7,21H,8H2. The highest BCUT2D eigenvalue weighted by atomic mass is 19.1. The molecule has 6 heteroatoms. The third-order valence-electron chi connectivity index (χ3n) is 3.26. The van der Waals surface area contributed by atoms with Crippen molar-refractivity contribution in [3.8, 4) is 22.6 Å². The Morgan fingerprint density at radius 2 is 1.55 bits per heavy atom. The molecule has 0 radical (unpaired) electrons. The third-order valence-corrected chi connectivity index (χ3v) is 3.26. The van der Waals surface area contributed by atoms with Crippen LogP contribution >= 0.6 is 0 Å². The van der Waals surface area contributed by atoms with Crippen molar-refractivity contribution in [3.63, 3.8) is 0 Å². The summed E-state index contributed by atoms with van der Waals surface area (Å²) in [7, 11) is 0. The summed E-state index contributed by atoms with van der Waals surface area (Å²) in [6.45, 7) is -0.601. The molecule has 0 fully saturated rings. The minimum atomic E-state index is -0.844. The van der Waals surface area contributed by atoms with Gasteiger partial charge in [-0.05, 0) is 24.3 Å². The van der Waals surface area contributed by atoms with Crippen LogP contribution in [0.4, 0.5) is 13.2 Å². The molecule has 0 aliphatic rings. The van der Waals surface area contributed by atoms with Gasteiger partial charge in [-0.1, -0.05) is 23.4 Å². The van der Waals surface area contributed by atoms with Gasteiger partial charge in [-0.2, -0.15) is 0 Å². The molecule has 0 saturated heterocycles. The molecule has 0 bridgehead atoms. The van der Waals surface area contributed by atoms with Crippen LogP contribution in [0, 0.1) is 17.5 Å². The predicted molar refractivity (Wildman–Crippen MR) is 73.2 cm³/mol. The molecule has 0 saturated carbocycles. The van der Waals surface area contributed by atoms with Crippen molar-refractivity contribution >= 4 is 0 Å². The van der Waals surface area contributed by atoms with Crippen LogP contribution in [0.2, 0.25) is 0 Å². The Morgan fingerprint density at radius 1 is 0.909 bits per heavy atom. The van der Waals surface area contributed by atoms with Crippen molar-refractivity contribution in [1.82, 2.24) is 5.16 Å². The summed E-state index contributed by atoms with van der Waals surface area (Å²) < 4.78 is 46.6. The van der Waals surface area contributed by atoms with Crippen LogP contribution < -0.4 is 0 Å². The maximum atomic E-state index is 13.9. The second-order valence-corrected chi connectivity index (χ2v) is 4.57. The van der Waals surface area contributed by atoms with E-state index in [1.54, 1.807) is 6.07 Å². The van der Waals surface area contributed by atoms with E-state index in [1.807, 2.05) is 0 Å². The Kier molecular flexibility index (Phi) is 3.68. The molecule has 2 aromatic carbocycles. The number of aliphatic hydroxyl groups is 1. The number of rotatable bonds is 3. The van der Waals surface area contributed by atoms with E-state index < -0.39 is 29.6 Å². The first-order chi connectivity index (χ1) is 10.6. The zero-order chi connectivity index (χ0) is 15.7. The monoisotopic (exact) mass is 305 g/mol. The average molecular weight is 305 g/mol. The zero-order valence-electron chi connectivity index (χ0n) is 11.2. The van der Waals surface area contributed by atoms with Gasteiger partial charge < -0.3 is 9.63 Å². The molecule has 0 amide bonds.